The predicted octanol–water partition coefficient (Wildman–Crippen LogP) is 3.55. The van der Waals surface area contributed by atoms with Gasteiger partial charge in [-0.3, -0.25) is 10.4 Å². The molecule has 1 aromatic carbocycles. The highest BCUT2D eigenvalue weighted by molar-refractivity contribution is 7.99. The van der Waals surface area contributed by atoms with Crippen LogP contribution < -0.4 is 21.3 Å². The largest absolute Gasteiger partial charge is 0.394 e. The fourth-order valence-corrected chi connectivity index (χ4v) is 6.97. The summed E-state index contributed by atoms with van der Waals surface area (Å²) in [5.74, 6) is 0.696. The first-order valence-corrected chi connectivity index (χ1v) is 14.9. The fourth-order valence-electron chi connectivity index (χ4n) is 5.94. The van der Waals surface area contributed by atoms with E-state index < -0.39 is 17.4 Å². The number of ether oxygens (including phenoxy) is 3. The number of aromatic nitrogens is 2. The van der Waals surface area contributed by atoms with Crippen LogP contribution in [0.5, 0.6) is 0 Å². The normalized spacial score (nSPS) is 31.7. The van der Waals surface area contributed by atoms with E-state index in [9.17, 15) is 13.9 Å². The van der Waals surface area contributed by atoms with E-state index in [1.807, 2.05) is 18.9 Å². The highest BCUT2D eigenvalue weighted by Gasteiger charge is 2.57. The zero-order valence-electron chi connectivity index (χ0n) is 22.4. The lowest BCUT2D eigenvalue weighted by Crippen LogP contribution is -2.50. The topological polar surface area (TPSA) is 113 Å². The van der Waals surface area contributed by atoms with Crippen LogP contribution in [0.3, 0.4) is 0 Å². The molecule has 216 valence electrons. The SMILES string of the molecule is CC1(C)OC2C(OCCO)CC(N3NNc4c(NC5CC5c5ccc(F)c(F)c5)nc(SCC5CC5)nc43)C2O1. The maximum absolute atomic E-state index is 13.9. The van der Waals surface area contributed by atoms with Crippen molar-refractivity contribution in [3.05, 3.63) is 35.4 Å². The average Bonchev–Trinajstić information content (AvgIpc) is 3.80. The van der Waals surface area contributed by atoms with Crippen molar-refractivity contribution in [2.45, 2.75) is 86.8 Å². The molecular weight excluding hydrogens is 542 g/mol. The number of nitrogens with one attached hydrogen (secondary N) is 3. The molecule has 1 saturated heterocycles. The van der Waals surface area contributed by atoms with Gasteiger partial charge in [0.1, 0.15) is 17.9 Å². The third-order valence-electron chi connectivity index (χ3n) is 8.17. The molecule has 7 rings (SSSR count). The van der Waals surface area contributed by atoms with Crippen molar-refractivity contribution < 1.29 is 28.1 Å². The number of fused-ring (bicyclic) bond motifs is 2. The number of rotatable bonds is 10. The summed E-state index contributed by atoms with van der Waals surface area (Å²) < 4.78 is 45.8. The number of anilines is 3. The number of hydrazine groups is 2. The van der Waals surface area contributed by atoms with Gasteiger partial charge in [0.25, 0.3) is 0 Å². The third kappa shape index (κ3) is 5.12. The second kappa shape index (κ2) is 10.2. The van der Waals surface area contributed by atoms with Crippen LogP contribution in [0.15, 0.2) is 23.4 Å². The Bertz CT molecular complexity index is 1290. The quantitative estimate of drug-likeness (QED) is 0.246. The van der Waals surface area contributed by atoms with Gasteiger partial charge in [0.15, 0.2) is 34.2 Å². The molecule has 6 atom stereocenters. The van der Waals surface area contributed by atoms with Gasteiger partial charge in [-0.05, 0) is 56.7 Å². The highest BCUT2D eigenvalue weighted by atomic mass is 32.2. The van der Waals surface area contributed by atoms with E-state index >= 15 is 0 Å². The van der Waals surface area contributed by atoms with Gasteiger partial charge in [0, 0.05) is 24.1 Å². The molecule has 4 N–H and O–H groups in total. The monoisotopic (exact) mass is 576 g/mol. The molecule has 0 radical (unpaired) electrons. The smallest absolute Gasteiger partial charge is 0.191 e. The molecule has 3 heterocycles. The summed E-state index contributed by atoms with van der Waals surface area (Å²) in [7, 11) is 0. The molecule has 0 bridgehead atoms. The number of benzene rings is 1. The van der Waals surface area contributed by atoms with Gasteiger partial charge in [0.2, 0.25) is 0 Å². The molecule has 4 fully saturated rings. The molecule has 40 heavy (non-hydrogen) atoms. The summed E-state index contributed by atoms with van der Waals surface area (Å²) in [5, 5.41) is 15.5. The van der Waals surface area contributed by atoms with Crippen molar-refractivity contribution in [1.29, 1.82) is 0 Å². The molecular formula is C27H34F2N6O4S. The number of halogens is 2. The molecule has 10 nitrogen and oxygen atoms in total. The van der Waals surface area contributed by atoms with E-state index in [-0.39, 0.29) is 49.5 Å². The van der Waals surface area contributed by atoms with Gasteiger partial charge >= 0.3 is 0 Å². The second-order valence-corrected chi connectivity index (χ2v) is 12.7. The fraction of sp³-hybridized carbons (Fsp3) is 0.630. The summed E-state index contributed by atoms with van der Waals surface area (Å²) in [6, 6.07) is 4.00. The van der Waals surface area contributed by atoms with Gasteiger partial charge in [0.05, 0.1) is 25.4 Å². The second-order valence-electron chi connectivity index (χ2n) is 11.7. The summed E-state index contributed by atoms with van der Waals surface area (Å²) >= 11 is 1.65. The number of hydrogen-bond donors (Lipinski definition) is 4. The van der Waals surface area contributed by atoms with Gasteiger partial charge in [-0.1, -0.05) is 17.8 Å². The van der Waals surface area contributed by atoms with Gasteiger partial charge in [-0.25, -0.2) is 18.7 Å². The lowest BCUT2D eigenvalue weighted by molar-refractivity contribution is -0.168. The van der Waals surface area contributed by atoms with Crippen molar-refractivity contribution in [1.82, 2.24) is 15.5 Å². The first-order valence-electron chi connectivity index (χ1n) is 13.9. The van der Waals surface area contributed by atoms with Crippen LogP contribution in [0.2, 0.25) is 0 Å². The Hall–Kier alpha value is -2.29. The van der Waals surface area contributed by atoms with E-state index in [4.69, 9.17) is 24.2 Å². The number of thioether (sulfide) groups is 1. The Kier molecular flexibility index (Phi) is 6.79. The minimum atomic E-state index is -0.839. The van der Waals surface area contributed by atoms with Crippen molar-refractivity contribution in [2.24, 2.45) is 5.92 Å². The van der Waals surface area contributed by atoms with E-state index in [0.29, 0.717) is 29.1 Å². The van der Waals surface area contributed by atoms with Crippen molar-refractivity contribution in [2.75, 3.05) is 34.7 Å². The zero-order chi connectivity index (χ0) is 27.6. The van der Waals surface area contributed by atoms with Crippen LogP contribution in [0.1, 0.15) is 51.0 Å². The van der Waals surface area contributed by atoms with Crippen molar-refractivity contribution >= 4 is 29.1 Å². The number of aliphatic hydroxyl groups excluding tert-OH is 1. The van der Waals surface area contributed by atoms with Crippen LogP contribution >= 0.6 is 11.8 Å². The van der Waals surface area contributed by atoms with Gasteiger partial charge in [-0.2, -0.15) is 0 Å². The Morgan fingerprint density at radius 1 is 1.18 bits per heavy atom. The molecule has 2 aromatic rings. The average molecular weight is 577 g/mol. The number of hydrogen-bond acceptors (Lipinski definition) is 11. The van der Waals surface area contributed by atoms with Crippen molar-refractivity contribution in [3.8, 4) is 0 Å². The van der Waals surface area contributed by atoms with Crippen LogP contribution in [-0.2, 0) is 14.2 Å². The summed E-state index contributed by atoms with van der Waals surface area (Å²) in [6.45, 7) is 3.95. The Morgan fingerprint density at radius 2 is 2.00 bits per heavy atom. The minimum Gasteiger partial charge on any atom is -0.394 e. The van der Waals surface area contributed by atoms with E-state index in [1.54, 1.807) is 17.8 Å². The lowest BCUT2D eigenvalue weighted by atomic mass is 10.1. The molecule has 3 aliphatic carbocycles. The Morgan fingerprint density at radius 3 is 2.77 bits per heavy atom. The molecule has 2 aliphatic heterocycles. The Balaban J connectivity index is 1.15. The summed E-state index contributed by atoms with van der Waals surface area (Å²) in [6.07, 6.45) is 3.12. The molecule has 5 aliphatic rings. The predicted molar refractivity (Wildman–Crippen MR) is 145 cm³/mol. The third-order valence-corrected chi connectivity index (χ3v) is 9.25. The van der Waals surface area contributed by atoms with Crippen molar-refractivity contribution in [3.63, 3.8) is 0 Å². The molecule has 0 spiro atoms. The number of aliphatic hydroxyl groups is 1. The Labute approximate surface area is 235 Å². The number of nitrogens with zero attached hydrogens (tertiary/aromatic N) is 3. The first kappa shape index (κ1) is 26.6. The molecule has 3 saturated carbocycles. The molecule has 6 unspecified atom stereocenters. The lowest BCUT2D eigenvalue weighted by Gasteiger charge is -2.29. The maximum atomic E-state index is 13.9. The molecule has 0 amide bonds. The van der Waals surface area contributed by atoms with E-state index in [2.05, 4.69) is 16.3 Å². The van der Waals surface area contributed by atoms with Gasteiger partial charge < -0.3 is 24.6 Å². The summed E-state index contributed by atoms with van der Waals surface area (Å²) in [5.41, 5.74) is 8.02. The van der Waals surface area contributed by atoms with Crippen LogP contribution in [-0.4, -0.2) is 70.2 Å². The minimum absolute atomic E-state index is 0.0421. The first-order chi connectivity index (χ1) is 19.3. The standard InChI is InChI=1S/C27H34F2N6O4S/c1-27(2)38-22-19(11-20(23(22)39-27)37-8-7-36)35-25-21(33-34-35)24(31-26(32-25)40-12-13-3-4-13)30-18-10-15(18)14-5-6-16(28)17(29)9-14/h5-6,9,13,15,18-20,22-23,33-34,36H,3-4,7-8,10-12H2,1-2H3,(H,30,31,32). The maximum Gasteiger partial charge on any atom is 0.191 e. The highest BCUT2D eigenvalue weighted by Crippen LogP contribution is 2.48. The summed E-state index contributed by atoms with van der Waals surface area (Å²) in [4.78, 5) is 9.81. The van der Waals surface area contributed by atoms with Gasteiger partial charge in [-0.15, -0.1) is 5.53 Å². The molecule has 1 aromatic heterocycles. The molecule has 13 heteroatoms. The zero-order valence-corrected chi connectivity index (χ0v) is 23.2. The van der Waals surface area contributed by atoms with E-state index in [1.165, 1.54) is 25.0 Å². The van der Waals surface area contributed by atoms with Crippen LogP contribution in [0.25, 0.3) is 0 Å². The van der Waals surface area contributed by atoms with Crippen LogP contribution in [0.4, 0.5) is 26.1 Å². The van der Waals surface area contributed by atoms with Crippen LogP contribution in [0, 0.1) is 17.6 Å². The van der Waals surface area contributed by atoms with E-state index in [0.717, 1.165) is 23.4 Å².